The average Bonchev–Trinajstić information content (AvgIpc) is 2.81. The van der Waals surface area contributed by atoms with Gasteiger partial charge in [-0.05, 0) is 30.5 Å². The number of rotatable bonds is 3. The Balaban J connectivity index is 1.84. The number of hydrogen-bond donors (Lipinski definition) is 2. The molecule has 1 aromatic carbocycles. The summed E-state index contributed by atoms with van der Waals surface area (Å²) < 4.78 is 5.23. The van der Waals surface area contributed by atoms with Gasteiger partial charge in [-0.1, -0.05) is 12.1 Å². The molecule has 1 aromatic heterocycles. The van der Waals surface area contributed by atoms with Crippen LogP contribution in [-0.2, 0) is 11.3 Å². The average molecular weight is 302 g/mol. The summed E-state index contributed by atoms with van der Waals surface area (Å²) in [6.07, 6.45) is 0.435. The predicted molar refractivity (Wildman–Crippen MR) is 81.7 cm³/mol. The fraction of sp³-hybridized carbons (Fsp3) is 0.375. The number of carboxylic acids is 1. The fourth-order valence-electron chi connectivity index (χ4n) is 2.95. The van der Waals surface area contributed by atoms with Crippen molar-refractivity contribution in [3.8, 4) is 0 Å². The zero-order chi connectivity index (χ0) is 15.9. The Hall–Kier alpha value is -2.18. The first-order chi connectivity index (χ1) is 10.4. The molecule has 1 aliphatic heterocycles. The first-order valence-corrected chi connectivity index (χ1v) is 7.15. The lowest BCUT2D eigenvalue weighted by atomic mass is 10.0. The zero-order valence-corrected chi connectivity index (χ0v) is 12.3. The maximum Gasteiger partial charge on any atom is 0.336 e. The lowest BCUT2D eigenvalue weighted by Crippen LogP contribution is -2.50. The molecule has 2 heterocycles. The van der Waals surface area contributed by atoms with Gasteiger partial charge in [-0.2, -0.15) is 0 Å². The second kappa shape index (κ2) is 5.23. The van der Waals surface area contributed by atoms with Crippen molar-refractivity contribution < 1.29 is 14.3 Å². The SMILES string of the molecule is Cc1cc(=O)oc2cc(CN3CC[C@](N)(C(=O)O)C3)ccc12. The van der Waals surface area contributed by atoms with Gasteiger partial charge >= 0.3 is 11.6 Å². The van der Waals surface area contributed by atoms with E-state index in [-0.39, 0.29) is 5.63 Å². The Labute approximate surface area is 127 Å². The van der Waals surface area contributed by atoms with Crippen LogP contribution < -0.4 is 11.4 Å². The third kappa shape index (κ3) is 2.63. The van der Waals surface area contributed by atoms with Gasteiger partial charge in [-0.15, -0.1) is 0 Å². The minimum atomic E-state index is -1.17. The van der Waals surface area contributed by atoms with Crippen molar-refractivity contribution in [2.24, 2.45) is 5.73 Å². The number of aliphatic carboxylic acids is 1. The number of likely N-dealkylation sites (tertiary alicyclic amines) is 1. The van der Waals surface area contributed by atoms with Gasteiger partial charge in [0, 0.05) is 31.1 Å². The monoisotopic (exact) mass is 302 g/mol. The van der Waals surface area contributed by atoms with Crippen LogP contribution in [0.25, 0.3) is 11.0 Å². The van der Waals surface area contributed by atoms with E-state index >= 15 is 0 Å². The summed E-state index contributed by atoms with van der Waals surface area (Å²) in [5.41, 5.74) is 6.75. The van der Waals surface area contributed by atoms with E-state index < -0.39 is 11.5 Å². The molecular formula is C16H18N2O4. The molecule has 3 rings (SSSR count). The lowest BCUT2D eigenvalue weighted by Gasteiger charge is -2.20. The van der Waals surface area contributed by atoms with Crippen LogP contribution >= 0.6 is 0 Å². The molecule has 0 spiro atoms. The number of fused-ring (bicyclic) bond motifs is 1. The van der Waals surface area contributed by atoms with Crippen molar-refractivity contribution >= 4 is 16.9 Å². The van der Waals surface area contributed by atoms with E-state index in [1.807, 2.05) is 30.0 Å². The summed E-state index contributed by atoms with van der Waals surface area (Å²) in [5, 5.41) is 10.1. The van der Waals surface area contributed by atoms with E-state index in [2.05, 4.69) is 0 Å². The summed E-state index contributed by atoms with van der Waals surface area (Å²) in [7, 11) is 0. The van der Waals surface area contributed by atoms with Gasteiger partial charge in [0.05, 0.1) is 0 Å². The number of nitrogens with two attached hydrogens (primary N) is 1. The Morgan fingerprint density at radius 3 is 2.91 bits per heavy atom. The molecule has 22 heavy (non-hydrogen) atoms. The van der Waals surface area contributed by atoms with Gasteiger partial charge in [0.25, 0.3) is 0 Å². The largest absolute Gasteiger partial charge is 0.480 e. The highest BCUT2D eigenvalue weighted by molar-refractivity contribution is 5.80. The minimum absolute atomic E-state index is 0.318. The van der Waals surface area contributed by atoms with Gasteiger partial charge in [0.15, 0.2) is 0 Å². The fourth-order valence-corrected chi connectivity index (χ4v) is 2.95. The van der Waals surface area contributed by atoms with Crippen LogP contribution in [0.5, 0.6) is 0 Å². The van der Waals surface area contributed by atoms with Gasteiger partial charge < -0.3 is 15.3 Å². The molecule has 0 bridgehead atoms. The third-order valence-corrected chi connectivity index (χ3v) is 4.23. The number of carboxylic acid groups (broad SMARTS) is 1. The van der Waals surface area contributed by atoms with Crippen LogP contribution in [-0.4, -0.2) is 34.6 Å². The van der Waals surface area contributed by atoms with Crippen LogP contribution in [0.3, 0.4) is 0 Å². The van der Waals surface area contributed by atoms with Gasteiger partial charge in [-0.25, -0.2) is 4.79 Å². The Morgan fingerprint density at radius 2 is 2.23 bits per heavy atom. The topological polar surface area (TPSA) is 96.8 Å². The van der Waals surface area contributed by atoms with E-state index in [1.165, 1.54) is 6.07 Å². The molecule has 6 heteroatoms. The highest BCUT2D eigenvalue weighted by Gasteiger charge is 2.41. The number of hydrogen-bond acceptors (Lipinski definition) is 5. The van der Waals surface area contributed by atoms with Crippen LogP contribution in [0.15, 0.2) is 33.5 Å². The molecule has 0 unspecified atom stereocenters. The number of benzene rings is 1. The molecule has 116 valence electrons. The molecule has 0 aliphatic carbocycles. The molecule has 1 saturated heterocycles. The van der Waals surface area contributed by atoms with Gasteiger partial charge in [0.2, 0.25) is 0 Å². The first-order valence-electron chi connectivity index (χ1n) is 7.15. The summed E-state index contributed by atoms with van der Waals surface area (Å²) in [6, 6.07) is 7.19. The van der Waals surface area contributed by atoms with Crippen molar-refractivity contribution in [1.82, 2.24) is 4.90 Å². The first kappa shape index (κ1) is 14.7. The second-order valence-corrected chi connectivity index (χ2v) is 6.00. The third-order valence-electron chi connectivity index (χ3n) is 4.23. The molecule has 1 atom stereocenters. The Bertz CT molecular complexity index is 798. The predicted octanol–water partition coefficient (Wildman–Crippen LogP) is 1.09. The van der Waals surface area contributed by atoms with Crippen LogP contribution in [0.2, 0.25) is 0 Å². The number of aryl methyl sites for hydroxylation is 1. The minimum Gasteiger partial charge on any atom is -0.480 e. The van der Waals surface area contributed by atoms with Crippen LogP contribution in [0.4, 0.5) is 0 Å². The van der Waals surface area contributed by atoms with Crippen molar-refractivity contribution in [2.45, 2.75) is 25.4 Å². The van der Waals surface area contributed by atoms with Crippen LogP contribution in [0, 0.1) is 6.92 Å². The molecule has 6 nitrogen and oxygen atoms in total. The smallest absolute Gasteiger partial charge is 0.336 e. The standard InChI is InChI=1S/C16H18N2O4/c1-10-6-14(19)22-13-7-11(2-3-12(10)13)8-18-5-4-16(17,9-18)15(20)21/h2-3,6-7H,4-5,8-9,17H2,1H3,(H,20,21)/t16-/m1/s1. The summed E-state index contributed by atoms with van der Waals surface area (Å²) in [6.45, 7) is 3.41. The van der Waals surface area contributed by atoms with E-state index in [9.17, 15) is 9.59 Å². The van der Waals surface area contributed by atoms with E-state index in [0.717, 1.165) is 16.5 Å². The highest BCUT2D eigenvalue weighted by atomic mass is 16.4. The van der Waals surface area contributed by atoms with Crippen LogP contribution in [0.1, 0.15) is 17.5 Å². The molecule has 0 radical (unpaired) electrons. The maximum absolute atomic E-state index is 11.5. The molecule has 3 N–H and O–H groups in total. The van der Waals surface area contributed by atoms with Crippen molar-refractivity contribution in [3.05, 3.63) is 45.8 Å². The maximum atomic E-state index is 11.5. The lowest BCUT2D eigenvalue weighted by molar-refractivity contribution is -0.142. The van der Waals surface area contributed by atoms with E-state index in [4.69, 9.17) is 15.3 Å². The van der Waals surface area contributed by atoms with Gasteiger partial charge in [0.1, 0.15) is 11.1 Å². The molecular weight excluding hydrogens is 284 g/mol. The summed E-state index contributed by atoms with van der Waals surface area (Å²) in [5.74, 6) is -0.963. The molecule has 2 aromatic rings. The number of carbonyl (C=O) groups is 1. The second-order valence-electron chi connectivity index (χ2n) is 6.00. The molecule has 1 fully saturated rings. The van der Waals surface area contributed by atoms with E-state index in [1.54, 1.807) is 0 Å². The van der Waals surface area contributed by atoms with Crippen molar-refractivity contribution in [3.63, 3.8) is 0 Å². The molecule has 0 saturated carbocycles. The number of nitrogens with zero attached hydrogens (tertiary/aromatic N) is 1. The normalized spacial score (nSPS) is 22.3. The van der Waals surface area contributed by atoms with Crippen molar-refractivity contribution in [1.29, 1.82) is 0 Å². The highest BCUT2D eigenvalue weighted by Crippen LogP contribution is 2.23. The molecule has 1 aliphatic rings. The quantitative estimate of drug-likeness (QED) is 0.824. The zero-order valence-electron chi connectivity index (χ0n) is 12.3. The molecule has 0 amide bonds. The Kier molecular flexibility index (Phi) is 3.50. The summed E-state index contributed by atoms with van der Waals surface area (Å²) in [4.78, 5) is 24.6. The Morgan fingerprint density at radius 1 is 1.45 bits per heavy atom. The van der Waals surface area contributed by atoms with Crippen molar-refractivity contribution in [2.75, 3.05) is 13.1 Å². The summed E-state index contributed by atoms with van der Waals surface area (Å²) >= 11 is 0. The van der Waals surface area contributed by atoms with E-state index in [0.29, 0.717) is 31.6 Å². The van der Waals surface area contributed by atoms with Gasteiger partial charge in [-0.3, -0.25) is 9.69 Å².